The van der Waals surface area contributed by atoms with Gasteiger partial charge in [-0.25, -0.2) is 0 Å². The first-order chi connectivity index (χ1) is 4.72. The van der Waals surface area contributed by atoms with E-state index in [1.165, 1.54) is 10.4 Å². The van der Waals surface area contributed by atoms with Crippen molar-refractivity contribution >= 4 is 17.7 Å². The van der Waals surface area contributed by atoms with Crippen molar-refractivity contribution in [1.82, 2.24) is 0 Å². The predicted molar refractivity (Wildman–Crippen MR) is 46.8 cm³/mol. The zero-order valence-corrected chi connectivity index (χ0v) is 7.03. The van der Waals surface area contributed by atoms with E-state index < -0.39 is 0 Å². The Hall–Kier alpha value is -0.830. The maximum atomic E-state index is 5.86. The van der Waals surface area contributed by atoms with Crippen LogP contribution in [0.3, 0.4) is 0 Å². The second-order valence-electron chi connectivity index (χ2n) is 1.83. The van der Waals surface area contributed by atoms with Crippen molar-refractivity contribution in [3.8, 4) is 0 Å². The van der Waals surface area contributed by atoms with Crippen LogP contribution in [0, 0.1) is 19.3 Å². The highest BCUT2D eigenvalue weighted by atomic mass is 32.1. The number of thiophene rings is 1. The summed E-state index contributed by atoms with van der Waals surface area (Å²) in [4.78, 5) is 1.43. The third-order valence-electron chi connectivity index (χ3n) is 1.12. The first-order valence-electron chi connectivity index (χ1n) is 2.93. The molecule has 0 aromatic carbocycles. The molecule has 2 nitrogen and oxygen atoms in total. The van der Waals surface area contributed by atoms with Crippen LogP contribution in [0.4, 0.5) is 0 Å². The van der Waals surface area contributed by atoms with Gasteiger partial charge in [-0.15, -0.1) is 11.3 Å². The molecule has 0 atom stereocenters. The third kappa shape index (κ3) is 3.25. The van der Waals surface area contributed by atoms with Crippen LogP contribution in [0.25, 0.3) is 0 Å². The van der Waals surface area contributed by atoms with Crippen molar-refractivity contribution < 1.29 is 0 Å². The zero-order valence-electron chi connectivity index (χ0n) is 6.22. The smallest absolute Gasteiger partial charge is 0.0765 e. The maximum absolute atomic E-state index is 5.86. The quantitative estimate of drug-likeness (QED) is 0.437. The normalized spacial score (nSPS) is 7.80. The van der Waals surface area contributed by atoms with Gasteiger partial charge in [0.15, 0.2) is 0 Å². The van der Waals surface area contributed by atoms with Crippen molar-refractivity contribution in [3.63, 3.8) is 0 Å². The summed E-state index contributed by atoms with van der Waals surface area (Å²) in [7, 11) is 0. The van der Waals surface area contributed by atoms with E-state index in [2.05, 4.69) is 31.0 Å². The number of hydrogen-bond donors (Lipinski definition) is 2. The predicted octanol–water partition coefficient (Wildman–Crippen LogP) is 1.92. The minimum Gasteiger partial charge on any atom is -0.390 e. The summed E-state index contributed by atoms with van der Waals surface area (Å²) < 4.78 is 0. The molecule has 0 saturated carbocycles. The molecule has 1 aromatic heterocycles. The third-order valence-corrected chi connectivity index (χ3v) is 2.07. The van der Waals surface area contributed by atoms with Crippen molar-refractivity contribution in [2.75, 3.05) is 0 Å². The molecule has 0 aliphatic carbocycles. The fourth-order valence-electron chi connectivity index (χ4n) is 0.448. The van der Waals surface area contributed by atoms with Gasteiger partial charge in [-0.3, -0.25) is 5.41 Å². The fraction of sp³-hybridized carbons (Fsp3) is 0.286. The van der Waals surface area contributed by atoms with E-state index >= 15 is 0 Å². The number of nitrogens with one attached hydrogen (secondary N) is 1. The van der Waals surface area contributed by atoms with E-state index in [-0.39, 0.29) is 0 Å². The molecule has 1 aromatic rings. The molecule has 0 aliphatic rings. The number of aryl methyl sites for hydroxylation is 2. The summed E-state index contributed by atoms with van der Waals surface area (Å²) in [6.45, 7) is 4.27. The molecule has 0 aliphatic heterocycles. The lowest BCUT2D eigenvalue weighted by molar-refractivity contribution is 1.44. The van der Waals surface area contributed by atoms with Crippen molar-refractivity contribution in [2.45, 2.75) is 13.8 Å². The molecule has 1 heterocycles. The molecule has 0 amide bonds. The Balaban J connectivity index is 0.000000236. The van der Waals surface area contributed by atoms with Gasteiger partial charge in [-0.05, 0) is 30.9 Å². The summed E-state index contributed by atoms with van der Waals surface area (Å²) in [5, 5.41) is 7.98. The van der Waals surface area contributed by atoms with Crippen LogP contribution in [0.1, 0.15) is 10.4 Å². The summed E-state index contributed by atoms with van der Waals surface area (Å²) in [5.41, 5.74) is 5.80. The standard InChI is InChI=1S/C6H8S.CH4N2/c1-5-3-4-7-6(5)2;2-1-3/h3-4H,1-2H3;1H,(H3,2,3). The van der Waals surface area contributed by atoms with Gasteiger partial charge in [0.05, 0.1) is 6.34 Å². The van der Waals surface area contributed by atoms with Gasteiger partial charge in [0, 0.05) is 4.88 Å². The van der Waals surface area contributed by atoms with Crippen molar-refractivity contribution in [1.29, 1.82) is 5.41 Å². The molecule has 0 radical (unpaired) electrons. The molecule has 0 fully saturated rings. The molecular weight excluding hydrogens is 144 g/mol. The first-order valence-corrected chi connectivity index (χ1v) is 3.81. The molecule has 0 unspecified atom stereocenters. The van der Waals surface area contributed by atoms with Gasteiger partial charge in [-0.1, -0.05) is 0 Å². The molecule has 0 saturated heterocycles. The lowest BCUT2D eigenvalue weighted by Gasteiger charge is -1.79. The fourth-order valence-corrected chi connectivity index (χ4v) is 1.18. The van der Waals surface area contributed by atoms with Crippen LogP contribution in [0.15, 0.2) is 11.4 Å². The minimum absolute atomic E-state index is 0.750. The Kier molecular flexibility index (Phi) is 4.58. The average Bonchev–Trinajstić information content (AvgIpc) is 2.19. The number of nitrogens with two attached hydrogens (primary N) is 1. The molecule has 56 valence electrons. The lowest BCUT2D eigenvalue weighted by Crippen LogP contribution is -1.81. The summed E-state index contributed by atoms with van der Waals surface area (Å²) in [6, 6.07) is 2.14. The average molecular weight is 156 g/mol. The van der Waals surface area contributed by atoms with Crippen LogP contribution in [-0.2, 0) is 0 Å². The number of hydrogen-bond acceptors (Lipinski definition) is 2. The Morgan fingerprint density at radius 2 is 2.10 bits per heavy atom. The Labute approximate surface area is 65.2 Å². The highest BCUT2D eigenvalue weighted by Crippen LogP contribution is 2.12. The summed E-state index contributed by atoms with van der Waals surface area (Å²) in [5.74, 6) is 0. The molecule has 3 heteroatoms. The topological polar surface area (TPSA) is 49.9 Å². The lowest BCUT2D eigenvalue weighted by atomic mass is 10.3. The summed E-state index contributed by atoms with van der Waals surface area (Å²) in [6.07, 6.45) is 0.750. The van der Waals surface area contributed by atoms with Crippen molar-refractivity contribution in [3.05, 3.63) is 21.9 Å². The van der Waals surface area contributed by atoms with E-state index in [1.54, 1.807) is 11.3 Å². The summed E-state index contributed by atoms with van der Waals surface area (Å²) >= 11 is 1.80. The van der Waals surface area contributed by atoms with Gasteiger partial charge in [0.2, 0.25) is 0 Å². The molecule has 0 spiro atoms. The van der Waals surface area contributed by atoms with E-state index in [0.717, 1.165) is 6.34 Å². The molecule has 10 heavy (non-hydrogen) atoms. The van der Waals surface area contributed by atoms with Gasteiger partial charge in [0.25, 0.3) is 0 Å². The Morgan fingerprint density at radius 1 is 1.60 bits per heavy atom. The van der Waals surface area contributed by atoms with Gasteiger partial charge in [0.1, 0.15) is 0 Å². The van der Waals surface area contributed by atoms with Crippen LogP contribution in [-0.4, -0.2) is 6.34 Å². The van der Waals surface area contributed by atoms with Gasteiger partial charge >= 0.3 is 0 Å². The monoisotopic (exact) mass is 156 g/mol. The van der Waals surface area contributed by atoms with Crippen LogP contribution in [0.5, 0.6) is 0 Å². The number of rotatable bonds is 0. The minimum atomic E-state index is 0.750. The van der Waals surface area contributed by atoms with E-state index in [0.29, 0.717) is 0 Å². The van der Waals surface area contributed by atoms with E-state index in [4.69, 9.17) is 5.41 Å². The molecule has 0 bridgehead atoms. The molecule has 1 rings (SSSR count). The second-order valence-corrected chi connectivity index (χ2v) is 2.95. The SMILES string of the molecule is Cc1ccsc1C.N=CN. The Morgan fingerprint density at radius 3 is 2.20 bits per heavy atom. The van der Waals surface area contributed by atoms with Gasteiger partial charge < -0.3 is 5.73 Å². The molecular formula is C7H12N2S. The maximum Gasteiger partial charge on any atom is 0.0765 e. The second kappa shape index (κ2) is 4.99. The van der Waals surface area contributed by atoms with Crippen molar-refractivity contribution in [2.24, 2.45) is 5.73 Å². The molecule has 3 N–H and O–H groups in total. The highest BCUT2D eigenvalue weighted by Gasteiger charge is 1.87. The zero-order chi connectivity index (χ0) is 7.98. The van der Waals surface area contributed by atoms with Crippen LogP contribution < -0.4 is 5.73 Å². The van der Waals surface area contributed by atoms with Crippen LogP contribution in [0.2, 0.25) is 0 Å². The first kappa shape index (κ1) is 9.17. The van der Waals surface area contributed by atoms with Gasteiger partial charge in [-0.2, -0.15) is 0 Å². The Bertz CT molecular complexity index is 177. The highest BCUT2D eigenvalue weighted by molar-refractivity contribution is 7.10. The largest absolute Gasteiger partial charge is 0.390 e. The van der Waals surface area contributed by atoms with E-state index in [1.807, 2.05) is 0 Å². The van der Waals surface area contributed by atoms with E-state index in [9.17, 15) is 0 Å². The van der Waals surface area contributed by atoms with Crippen LogP contribution >= 0.6 is 11.3 Å².